The molecule has 110 valence electrons. The van der Waals surface area contributed by atoms with E-state index in [0.717, 1.165) is 24.0 Å². The molecule has 0 unspecified atom stereocenters. The van der Waals surface area contributed by atoms with Crippen LogP contribution in [-0.4, -0.2) is 11.1 Å². The molecule has 0 aliphatic carbocycles. The molecule has 1 N–H and O–H groups in total. The van der Waals surface area contributed by atoms with Gasteiger partial charge < -0.3 is 9.88 Å². The molecule has 0 bridgehead atoms. The minimum absolute atomic E-state index is 0.850. The summed E-state index contributed by atoms with van der Waals surface area (Å²) in [7, 11) is 0. The third-order valence-electron chi connectivity index (χ3n) is 3.59. The van der Waals surface area contributed by atoms with Crippen LogP contribution in [0.4, 0.5) is 0 Å². The summed E-state index contributed by atoms with van der Waals surface area (Å²) < 4.78 is 4.40. The molecule has 3 rings (SSSR count). The summed E-state index contributed by atoms with van der Waals surface area (Å²) in [5.74, 6) is 0. The summed E-state index contributed by atoms with van der Waals surface area (Å²) in [5, 5.41) is 4.76. The van der Waals surface area contributed by atoms with Crippen molar-refractivity contribution in [2.24, 2.45) is 0 Å². The van der Waals surface area contributed by atoms with Crippen molar-refractivity contribution in [2.45, 2.75) is 20.0 Å². The van der Waals surface area contributed by atoms with Crippen molar-refractivity contribution in [1.82, 2.24) is 9.88 Å². The van der Waals surface area contributed by atoms with Gasteiger partial charge in [-0.25, -0.2) is 0 Å². The normalized spacial score (nSPS) is 11.4. The Morgan fingerprint density at radius 2 is 2.05 bits per heavy atom. The van der Waals surface area contributed by atoms with Crippen LogP contribution in [0, 0.1) is 6.92 Å². The Labute approximate surface area is 141 Å². The SMILES string of the molecule is Cc1c(Br)c2ccccc2n1CCNCc1ccc(Cl)s1. The molecule has 0 atom stereocenters. The molecule has 2 nitrogen and oxygen atoms in total. The van der Waals surface area contributed by atoms with Crippen molar-refractivity contribution < 1.29 is 0 Å². The highest BCUT2D eigenvalue weighted by Gasteiger charge is 2.10. The van der Waals surface area contributed by atoms with Gasteiger partial charge in [0.2, 0.25) is 0 Å². The quantitative estimate of drug-likeness (QED) is 0.598. The second-order valence-corrected chi connectivity index (χ2v) is 7.54. The van der Waals surface area contributed by atoms with E-state index in [4.69, 9.17) is 11.6 Å². The highest BCUT2D eigenvalue weighted by atomic mass is 79.9. The van der Waals surface area contributed by atoms with Gasteiger partial charge in [0, 0.05) is 45.6 Å². The fourth-order valence-electron chi connectivity index (χ4n) is 2.53. The van der Waals surface area contributed by atoms with Gasteiger partial charge in [0.25, 0.3) is 0 Å². The minimum Gasteiger partial charge on any atom is -0.342 e. The van der Waals surface area contributed by atoms with Crippen LogP contribution in [0.3, 0.4) is 0 Å². The van der Waals surface area contributed by atoms with Crippen molar-refractivity contribution >= 4 is 49.8 Å². The fraction of sp³-hybridized carbons (Fsp3) is 0.250. The first-order valence-corrected chi connectivity index (χ1v) is 8.84. The van der Waals surface area contributed by atoms with Gasteiger partial charge in [0.1, 0.15) is 0 Å². The lowest BCUT2D eigenvalue weighted by Crippen LogP contribution is -2.19. The zero-order valence-corrected chi connectivity index (χ0v) is 14.9. The smallest absolute Gasteiger partial charge is 0.0931 e. The molecule has 0 radical (unpaired) electrons. The third kappa shape index (κ3) is 3.19. The number of fused-ring (bicyclic) bond motifs is 1. The van der Waals surface area contributed by atoms with Crippen LogP contribution >= 0.6 is 38.9 Å². The Balaban J connectivity index is 1.67. The van der Waals surface area contributed by atoms with Crippen LogP contribution in [0.15, 0.2) is 40.9 Å². The number of nitrogens with zero attached hydrogens (tertiary/aromatic N) is 1. The maximum absolute atomic E-state index is 5.94. The van der Waals surface area contributed by atoms with Gasteiger partial charge >= 0.3 is 0 Å². The van der Waals surface area contributed by atoms with Crippen LogP contribution in [0.1, 0.15) is 10.6 Å². The van der Waals surface area contributed by atoms with Crippen molar-refractivity contribution in [3.05, 3.63) is 55.8 Å². The number of para-hydroxylation sites is 1. The van der Waals surface area contributed by atoms with Gasteiger partial charge in [-0.3, -0.25) is 0 Å². The van der Waals surface area contributed by atoms with Gasteiger partial charge in [-0.1, -0.05) is 29.8 Å². The van der Waals surface area contributed by atoms with Crippen molar-refractivity contribution in [3.63, 3.8) is 0 Å². The van der Waals surface area contributed by atoms with Gasteiger partial charge in [-0.05, 0) is 41.1 Å². The predicted molar refractivity (Wildman–Crippen MR) is 95.4 cm³/mol. The maximum Gasteiger partial charge on any atom is 0.0931 e. The number of hydrogen-bond acceptors (Lipinski definition) is 2. The highest BCUT2D eigenvalue weighted by Crippen LogP contribution is 2.30. The van der Waals surface area contributed by atoms with E-state index in [1.807, 2.05) is 6.07 Å². The standard InChI is InChI=1S/C16H16BrClN2S/c1-11-16(17)13-4-2-3-5-14(13)20(11)9-8-19-10-12-6-7-15(18)21-12/h2-7,19H,8-10H2,1H3. The first-order chi connectivity index (χ1) is 10.2. The molecule has 5 heteroatoms. The van der Waals surface area contributed by atoms with E-state index in [1.54, 1.807) is 11.3 Å². The number of benzene rings is 1. The molecule has 0 saturated carbocycles. The predicted octanol–water partition coefficient (Wildman–Crippen LogP) is 5.22. The first kappa shape index (κ1) is 15.1. The van der Waals surface area contributed by atoms with Crippen molar-refractivity contribution in [1.29, 1.82) is 0 Å². The molecule has 0 saturated heterocycles. The summed E-state index contributed by atoms with van der Waals surface area (Å²) in [6.45, 7) is 4.92. The molecule has 21 heavy (non-hydrogen) atoms. The second-order valence-electron chi connectivity index (χ2n) is 4.95. The van der Waals surface area contributed by atoms with E-state index in [9.17, 15) is 0 Å². The number of nitrogens with one attached hydrogen (secondary N) is 1. The summed E-state index contributed by atoms with van der Waals surface area (Å²) >= 11 is 11.3. The van der Waals surface area contributed by atoms with Crippen LogP contribution in [0.2, 0.25) is 4.34 Å². The van der Waals surface area contributed by atoms with Crippen LogP contribution in [0.25, 0.3) is 10.9 Å². The Morgan fingerprint density at radius 1 is 1.24 bits per heavy atom. The van der Waals surface area contributed by atoms with Gasteiger partial charge in [-0.15, -0.1) is 11.3 Å². The van der Waals surface area contributed by atoms with Crippen molar-refractivity contribution in [3.8, 4) is 0 Å². The largest absolute Gasteiger partial charge is 0.342 e. The average molecular weight is 384 g/mol. The fourth-order valence-corrected chi connectivity index (χ4v) is 4.13. The molecular weight excluding hydrogens is 368 g/mol. The minimum atomic E-state index is 0.850. The van der Waals surface area contributed by atoms with Gasteiger partial charge in [0.15, 0.2) is 0 Å². The Kier molecular flexibility index (Phi) is 4.69. The monoisotopic (exact) mass is 382 g/mol. The number of halogens is 2. The molecule has 1 aromatic carbocycles. The molecule has 0 amide bonds. The number of rotatable bonds is 5. The van der Waals surface area contributed by atoms with Crippen LogP contribution < -0.4 is 5.32 Å². The zero-order chi connectivity index (χ0) is 14.8. The van der Waals surface area contributed by atoms with Crippen LogP contribution in [0.5, 0.6) is 0 Å². The molecule has 2 aromatic heterocycles. The van der Waals surface area contributed by atoms with Crippen LogP contribution in [-0.2, 0) is 13.1 Å². The second kappa shape index (κ2) is 6.53. The van der Waals surface area contributed by atoms with E-state index in [2.05, 4.69) is 63.1 Å². The third-order valence-corrected chi connectivity index (χ3v) is 5.83. The topological polar surface area (TPSA) is 17.0 Å². The van der Waals surface area contributed by atoms with E-state index in [0.29, 0.717) is 0 Å². The molecule has 3 aromatic rings. The Hall–Kier alpha value is -0.810. The van der Waals surface area contributed by atoms with Crippen molar-refractivity contribution in [2.75, 3.05) is 6.54 Å². The van der Waals surface area contributed by atoms with E-state index >= 15 is 0 Å². The number of thiophene rings is 1. The van der Waals surface area contributed by atoms with E-state index in [1.165, 1.54) is 25.9 Å². The zero-order valence-electron chi connectivity index (χ0n) is 11.7. The average Bonchev–Trinajstić information content (AvgIpc) is 3.00. The van der Waals surface area contributed by atoms with Gasteiger partial charge in [-0.2, -0.15) is 0 Å². The molecule has 0 spiro atoms. The summed E-state index contributed by atoms with van der Waals surface area (Å²) in [4.78, 5) is 1.27. The highest BCUT2D eigenvalue weighted by molar-refractivity contribution is 9.10. The summed E-state index contributed by atoms with van der Waals surface area (Å²) in [5.41, 5.74) is 2.56. The number of aromatic nitrogens is 1. The summed E-state index contributed by atoms with van der Waals surface area (Å²) in [6.07, 6.45) is 0. The molecule has 0 aliphatic heterocycles. The molecule has 2 heterocycles. The molecule has 0 aliphatic rings. The lowest BCUT2D eigenvalue weighted by atomic mass is 10.2. The molecule has 0 fully saturated rings. The lowest BCUT2D eigenvalue weighted by molar-refractivity contribution is 0.604. The van der Waals surface area contributed by atoms with E-state index < -0.39 is 0 Å². The molecular formula is C16H16BrClN2S. The maximum atomic E-state index is 5.94. The lowest BCUT2D eigenvalue weighted by Gasteiger charge is -2.09. The van der Waals surface area contributed by atoms with E-state index in [-0.39, 0.29) is 0 Å². The number of hydrogen-bond donors (Lipinski definition) is 1. The Morgan fingerprint density at radius 3 is 2.81 bits per heavy atom. The van der Waals surface area contributed by atoms with Gasteiger partial charge in [0.05, 0.1) is 4.34 Å². The summed E-state index contributed by atoms with van der Waals surface area (Å²) in [6, 6.07) is 12.5. The first-order valence-electron chi connectivity index (χ1n) is 6.85. The Bertz CT molecular complexity index is 763.